The molecule has 0 saturated carbocycles. The van der Waals surface area contributed by atoms with Gasteiger partial charge < -0.3 is 10.3 Å². The lowest BCUT2D eigenvalue weighted by Gasteiger charge is -2.24. The molecule has 0 aromatic carbocycles. The highest BCUT2D eigenvalue weighted by Crippen LogP contribution is 2.16. The largest absolute Gasteiger partial charge is 0.335 e. The van der Waals surface area contributed by atoms with E-state index in [4.69, 9.17) is 12.2 Å². The van der Waals surface area contributed by atoms with Gasteiger partial charge in [-0.2, -0.15) is 0 Å². The van der Waals surface area contributed by atoms with Crippen LogP contribution in [0.1, 0.15) is 36.2 Å². The molecule has 2 rings (SSSR count). The van der Waals surface area contributed by atoms with Crippen LogP contribution in [-0.2, 0) is 6.42 Å². The van der Waals surface area contributed by atoms with Gasteiger partial charge in [-0.25, -0.2) is 4.98 Å². The maximum Gasteiger partial charge on any atom is 0.197 e. The second-order valence-corrected chi connectivity index (χ2v) is 4.97. The number of aromatic amines is 1. The first-order chi connectivity index (χ1) is 7.66. The van der Waals surface area contributed by atoms with Crippen LogP contribution in [0.15, 0.2) is 0 Å². The molecule has 1 aromatic heterocycles. The fourth-order valence-corrected chi connectivity index (χ4v) is 2.69. The molecule has 0 amide bonds. The van der Waals surface area contributed by atoms with Crippen molar-refractivity contribution in [1.29, 1.82) is 0 Å². The zero-order valence-corrected chi connectivity index (χ0v) is 10.8. The van der Waals surface area contributed by atoms with Crippen LogP contribution < -0.4 is 5.32 Å². The van der Waals surface area contributed by atoms with Crippen molar-refractivity contribution in [3.8, 4) is 0 Å². The Morgan fingerprint density at radius 1 is 1.38 bits per heavy atom. The third-order valence-electron chi connectivity index (χ3n) is 3.32. The number of piperidine rings is 1. The van der Waals surface area contributed by atoms with Crippen LogP contribution in [-0.4, -0.2) is 22.6 Å². The van der Waals surface area contributed by atoms with Crippen molar-refractivity contribution in [2.45, 2.75) is 45.6 Å². The molecular weight excluding hydrogens is 218 g/mol. The molecule has 1 aromatic rings. The van der Waals surface area contributed by atoms with E-state index in [-0.39, 0.29) is 0 Å². The van der Waals surface area contributed by atoms with Gasteiger partial charge in [-0.05, 0) is 57.4 Å². The van der Waals surface area contributed by atoms with Crippen molar-refractivity contribution in [3.63, 3.8) is 0 Å². The van der Waals surface area contributed by atoms with Crippen LogP contribution in [0.5, 0.6) is 0 Å². The smallest absolute Gasteiger partial charge is 0.197 e. The lowest BCUT2D eigenvalue weighted by Crippen LogP contribution is -2.36. The summed E-state index contributed by atoms with van der Waals surface area (Å²) in [6.45, 7) is 5.29. The summed E-state index contributed by atoms with van der Waals surface area (Å²) in [6, 6.07) is 0.609. The average Bonchev–Trinajstić information content (AvgIpc) is 2.25. The Balaban J connectivity index is 2.17. The molecule has 16 heavy (non-hydrogen) atoms. The number of nitrogens with one attached hydrogen (secondary N) is 2. The number of H-pyrrole nitrogens is 1. The van der Waals surface area contributed by atoms with Gasteiger partial charge in [0.1, 0.15) is 0 Å². The van der Waals surface area contributed by atoms with Crippen molar-refractivity contribution in [3.05, 3.63) is 21.7 Å². The molecule has 2 N–H and O–H groups in total. The molecule has 1 fully saturated rings. The standard InChI is InChI=1S/C12H19N3S/c1-8-11(9(2)15-12(16)14-8)7-10-5-3-4-6-13-10/h10,13H,3-7H2,1-2H3,(H,14,15,16). The number of aromatic nitrogens is 2. The summed E-state index contributed by atoms with van der Waals surface area (Å²) >= 11 is 5.07. The summed E-state index contributed by atoms with van der Waals surface area (Å²) in [5.41, 5.74) is 3.58. The lowest BCUT2D eigenvalue weighted by molar-refractivity contribution is 0.398. The van der Waals surface area contributed by atoms with E-state index in [0.29, 0.717) is 10.8 Å². The molecule has 1 aliphatic rings. The SMILES string of the molecule is Cc1nc(=S)[nH]c(C)c1CC1CCCCN1. The predicted molar refractivity (Wildman–Crippen MR) is 68.2 cm³/mol. The van der Waals surface area contributed by atoms with Crippen molar-refractivity contribution in [2.75, 3.05) is 6.54 Å². The number of nitrogens with zero attached hydrogens (tertiary/aromatic N) is 1. The van der Waals surface area contributed by atoms with Crippen LogP contribution in [0.2, 0.25) is 0 Å². The third-order valence-corrected chi connectivity index (χ3v) is 3.51. The summed E-state index contributed by atoms with van der Waals surface area (Å²) in [5, 5.41) is 3.57. The Bertz CT molecular complexity index is 393. The van der Waals surface area contributed by atoms with E-state index >= 15 is 0 Å². The first-order valence-corrected chi connectivity index (χ1v) is 6.37. The van der Waals surface area contributed by atoms with Crippen molar-refractivity contribution >= 4 is 12.2 Å². The molecule has 0 radical (unpaired) electrons. The van der Waals surface area contributed by atoms with E-state index in [0.717, 1.165) is 18.7 Å². The lowest BCUT2D eigenvalue weighted by atomic mass is 9.96. The molecule has 2 heterocycles. The van der Waals surface area contributed by atoms with Gasteiger partial charge >= 0.3 is 0 Å². The first-order valence-electron chi connectivity index (χ1n) is 5.96. The van der Waals surface area contributed by atoms with E-state index in [1.807, 2.05) is 0 Å². The minimum Gasteiger partial charge on any atom is -0.335 e. The fourth-order valence-electron chi connectivity index (χ4n) is 2.40. The molecule has 3 nitrogen and oxygen atoms in total. The Kier molecular flexibility index (Phi) is 3.71. The van der Waals surface area contributed by atoms with Gasteiger partial charge in [0.25, 0.3) is 0 Å². The molecule has 0 spiro atoms. The van der Waals surface area contributed by atoms with E-state index < -0.39 is 0 Å². The Morgan fingerprint density at radius 3 is 2.81 bits per heavy atom. The Labute approximate surface area is 102 Å². The molecule has 88 valence electrons. The van der Waals surface area contributed by atoms with E-state index in [2.05, 4.69) is 29.1 Å². The quantitative estimate of drug-likeness (QED) is 0.776. The van der Waals surface area contributed by atoms with Crippen LogP contribution >= 0.6 is 12.2 Å². The normalized spacial score (nSPS) is 21.0. The predicted octanol–water partition coefficient (Wildman–Crippen LogP) is 2.44. The zero-order valence-electron chi connectivity index (χ0n) is 9.97. The monoisotopic (exact) mass is 237 g/mol. The zero-order chi connectivity index (χ0) is 11.5. The fraction of sp³-hybridized carbons (Fsp3) is 0.667. The van der Waals surface area contributed by atoms with Crippen LogP contribution in [0, 0.1) is 18.6 Å². The molecule has 4 heteroatoms. The summed E-state index contributed by atoms with van der Waals surface area (Å²) < 4.78 is 0.593. The molecule has 1 unspecified atom stereocenters. The van der Waals surface area contributed by atoms with Crippen molar-refractivity contribution in [1.82, 2.24) is 15.3 Å². The van der Waals surface area contributed by atoms with E-state index in [1.165, 1.54) is 30.5 Å². The van der Waals surface area contributed by atoms with Gasteiger partial charge in [-0.3, -0.25) is 0 Å². The van der Waals surface area contributed by atoms with Crippen molar-refractivity contribution < 1.29 is 0 Å². The number of hydrogen-bond donors (Lipinski definition) is 2. The number of aryl methyl sites for hydroxylation is 2. The molecular formula is C12H19N3S. The van der Waals surface area contributed by atoms with Crippen molar-refractivity contribution in [2.24, 2.45) is 0 Å². The molecule has 1 atom stereocenters. The summed E-state index contributed by atoms with van der Waals surface area (Å²) in [5.74, 6) is 0. The summed E-state index contributed by atoms with van der Waals surface area (Å²) in [4.78, 5) is 7.48. The Morgan fingerprint density at radius 2 is 2.19 bits per heavy atom. The van der Waals surface area contributed by atoms with Gasteiger partial charge in [-0.15, -0.1) is 0 Å². The molecule has 0 aliphatic carbocycles. The van der Waals surface area contributed by atoms with E-state index in [9.17, 15) is 0 Å². The second kappa shape index (κ2) is 5.06. The first kappa shape index (κ1) is 11.7. The minimum absolute atomic E-state index is 0.593. The topological polar surface area (TPSA) is 40.7 Å². The van der Waals surface area contributed by atoms with Gasteiger partial charge in [0.15, 0.2) is 4.77 Å². The highest BCUT2D eigenvalue weighted by atomic mass is 32.1. The highest BCUT2D eigenvalue weighted by molar-refractivity contribution is 7.71. The number of rotatable bonds is 2. The molecule has 1 aliphatic heterocycles. The average molecular weight is 237 g/mol. The van der Waals surface area contributed by atoms with Gasteiger partial charge in [-0.1, -0.05) is 6.42 Å². The third kappa shape index (κ3) is 2.68. The van der Waals surface area contributed by atoms with Gasteiger partial charge in [0, 0.05) is 17.4 Å². The maximum absolute atomic E-state index is 5.07. The minimum atomic E-state index is 0.593. The summed E-state index contributed by atoms with van der Waals surface area (Å²) in [6.07, 6.45) is 4.99. The van der Waals surface area contributed by atoms with E-state index in [1.54, 1.807) is 0 Å². The van der Waals surface area contributed by atoms with Crippen LogP contribution in [0.25, 0.3) is 0 Å². The van der Waals surface area contributed by atoms with Gasteiger partial charge in [0.05, 0.1) is 0 Å². The highest BCUT2D eigenvalue weighted by Gasteiger charge is 2.15. The summed E-state index contributed by atoms with van der Waals surface area (Å²) in [7, 11) is 0. The second-order valence-electron chi connectivity index (χ2n) is 4.58. The van der Waals surface area contributed by atoms with Crippen LogP contribution in [0.4, 0.5) is 0 Å². The molecule has 1 saturated heterocycles. The van der Waals surface area contributed by atoms with Gasteiger partial charge in [0.2, 0.25) is 0 Å². The molecule has 0 bridgehead atoms. The number of hydrogen-bond acceptors (Lipinski definition) is 3. The maximum atomic E-state index is 5.07. The van der Waals surface area contributed by atoms with Crippen LogP contribution in [0.3, 0.4) is 0 Å². The Hall–Kier alpha value is -0.740.